The monoisotopic (exact) mass is 238 g/mol. The number of hydrogen-bond acceptors (Lipinski definition) is 4. The number of likely N-dealkylation sites (N-methyl/N-ethyl adjacent to an activating group) is 1. The van der Waals surface area contributed by atoms with Crippen molar-refractivity contribution in [1.82, 2.24) is 10.2 Å². The molecule has 2 N–H and O–H groups in total. The van der Waals surface area contributed by atoms with Gasteiger partial charge in [-0.25, -0.2) is 0 Å². The fourth-order valence-electron chi connectivity index (χ4n) is 1.51. The van der Waals surface area contributed by atoms with E-state index in [2.05, 4.69) is 24.2 Å². The molecule has 0 aromatic heterocycles. The van der Waals surface area contributed by atoms with Crippen LogP contribution in [-0.4, -0.2) is 43.8 Å². The molecule has 0 fully saturated rings. The Balaban J connectivity index is 2.34. The summed E-state index contributed by atoms with van der Waals surface area (Å²) < 4.78 is 4.99. The number of aromatic hydroxyl groups is 1. The molecule has 0 heterocycles. The number of ether oxygens (including phenoxy) is 1. The molecule has 17 heavy (non-hydrogen) atoms. The fourth-order valence-corrected chi connectivity index (χ4v) is 1.51. The average molecular weight is 238 g/mol. The summed E-state index contributed by atoms with van der Waals surface area (Å²) in [5, 5.41) is 13.0. The Bertz CT molecular complexity index is 342. The summed E-state index contributed by atoms with van der Waals surface area (Å²) >= 11 is 0. The quantitative estimate of drug-likeness (QED) is 0.706. The Hall–Kier alpha value is -1.26. The molecule has 0 amide bonds. The molecule has 0 radical (unpaired) electrons. The lowest BCUT2D eigenvalue weighted by atomic mass is 10.2. The van der Waals surface area contributed by atoms with Gasteiger partial charge in [-0.1, -0.05) is 13.0 Å². The third-order valence-corrected chi connectivity index (χ3v) is 2.78. The van der Waals surface area contributed by atoms with Crippen molar-refractivity contribution in [3.8, 4) is 11.5 Å². The summed E-state index contributed by atoms with van der Waals surface area (Å²) in [6, 6.07) is 5.47. The van der Waals surface area contributed by atoms with Gasteiger partial charge in [0.1, 0.15) is 0 Å². The molecule has 4 nitrogen and oxygen atoms in total. The molecule has 96 valence electrons. The van der Waals surface area contributed by atoms with Gasteiger partial charge in [0.15, 0.2) is 11.5 Å². The Labute approximate surface area is 103 Å². The van der Waals surface area contributed by atoms with Gasteiger partial charge in [-0.05, 0) is 31.3 Å². The van der Waals surface area contributed by atoms with Gasteiger partial charge in [-0.3, -0.25) is 0 Å². The van der Waals surface area contributed by atoms with Crippen LogP contribution in [0.25, 0.3) is 0 Å². The van der Waals surface area contributed by atoms with Crippen LogP contribution >= 0.6 is 0 Å². The van der Waals surface area contributed by atoms with E-state index < -0.39 is 0 Å². The zero-order valence-electron chi connectivity index (χ0n) is 10.9. The van der Waals surface area contributed by atoms with E-state index in [1.165, 1.54) is 0 Å². The van der Waals surface area contributed by atoms with Crippen LogP contribution in [0.2, 0.25) is 0 Å². The SMILES string of the molecule is CCN(C)CCNCc1ccc(OC)c(O)c1. The summed E-state index contributed by atoms with van der Waals surface area (Å²) in [5.74, 6) is 0.706. The van der Waals surface area contributed by atoms with E-state index in [0.29, 0.717) is 5.75 Å². The summed E-state index contributed by atoms with van der Waals surface area (Å²) in [4.78, 5) is 2.25. The molecule has 0 aliphatic carbocycles. The van der Waals surface area contributed by atoms with Crippen LogP contribution < -0.4 is 10.1 Å². The van der Waals surface area contributed by atoms with Gasteiger partial charge in [0.25, 0.3) is 0 Å². The minimum Gasteiger partial charge on any atom is -0.504 e. The third kappa shape index (κ3) is 4.63. The molecule has 0 unspecified atom stereocenters. The van der Waals surface area contributed by atoms with Crippen LogP contribution in [0.3, 0.4) is 0 Å². The lowest BCUT2D eigenvalue weighted by molar-refractivity contribution is 0.348. The third-order valence-electron chi connectivity index (χ3n) is 2.78. The van der Waals surface area contributed by atoms with Crippen molar-refractivity contribution in [2.45, 2.75) is 13.5 Å². The highest BCUT2D eigenvalue weighted by atomic mass is 16.5. The molecule has 0 bridgehead atoms. The zero-order valence-corrected chi connectivity index (χ0v) is 10.9. The van der Waals surface area contributed by atoms with Gasteiger partial charge in [0, 0.05) is 19.6 Å². The molecule has 0 saturated heterocycles. The molecule has 0 atom stereocenters. The highest BCUT2D eigenvalue weighted by molar-refractivity contribution is 5.41. The predicted octanol–water partition coefficient (Wildman–Crippen LogP) is 1.44. The van der Waals surface area contributed by atoms with Crippen LogP contribution in [0.5, 0.6) is 11.5 Å². The number of rotatable bonds is 7. The highest BCUT2D eigenvalue weighted by Crippen LogP contribution is 2.25. The maximum absolute atomic E-state index is 9.61. The number of benzene rings is 1. The molecular formula is C13H22N2O2. The summed E-state index contributed by atoms with van der Waals surface area (Å²) in [6.45, 7) is 5.93. The van der Waals surface area contributed by atoms with E-state index in [1.54, 1.807) is 19.2 Å². The molecule has 0 aliphatic rings. The first kappa shape index (κ1) is 13.8. The summed E-state index contributed by atoms with van der Waals surface area (Å²) in [6.07, 6.45) is 0. The topological polar surface area (TPSA) is 44.7 Å². The molecule has 0 saturated carbocycles. The summed E-state index contributed by atoms with van der Waals surface area (Å²) in [5.41, 5.74) is 1.06. The molecule has 1 rings (SSSR count). The van der Waals surface area contributed by atoms with Crippen LogP contribution in [0.1, 0.15) is 12.5 Å². The molecular weight excluding hydrogens is 216 g/mol. The average Bonchev–Trinajstić information content (AvgIpc) is 2.34. The Morgan fingerprint density at radius 1 is 1.41 bits per heavy atom. The van der Waals surface area contributed by atoms with Gasteiger partial charge in [-0.15, -0.1) is 0 Å². The van der Waals surface area contributed by atoms with Crippen LogP contribution in [0.4, 0.5) is 0 Å². The molecule has 0 spiro atoms. The number of methoxy groups -OCH3 is 1. The van der Waals surface area contributed by atoms with Crippen molar-refractivity contribution in [3.05, 3.63) is 23.8 Å². The second kappa shape index (κ2) is 7.14. The van der Waals surface area contributed by atoms with E-state index in [4.69, 9.17) is 4.74 Å². The van der Waals surface area contributed by atoms with Crippen molar-refractivity contribution >= 4 is 0 Å². The lowest BCUT2D eigenvalue weighted by Gasteiger charge is -2.14. The molecule has 0 aliphatic heterocycles. The fraction of sp³-hybridized carbons (Fsp3) is 0.538. The van der Waals surface area contributed by atoms with Crippen molar-refractivity contribution in [1.29, 1.82) is 0 Å². The Morgan fingerprint density at radius 2 is 2.18 bits per heavy atom. The number of phenolic OH excluding ortho intramolecular Hbond substituents is 1. The summed E-state index contributed by atoms with van der Waals surface area (Å²) in [7, 11) is 3.65. The Morgan fingerprint density at radius 3 is 2.76 bits per heavy atom. The minimum absolute atomic E-state index is 0.192. The van der Waals surface area contributed by atoms with E-state index in [9.17, 15) is 5.11 Å². The first-order valence-corrected chi connectivity index (χ1v) is 5.92. The second-order valence-electron chi connectivity index (χ2n) is 4.08. The van der Waals surface area contributed by atoms with Crippen molar-refractivity contribution in [2.24, 2.45) is 0 Å². The van der Waals surface area contributed by atoms with E-state index in [0.717, 1.165) is 31.7 Å². The predicted molar refractivity (Wildman–Crippen MR) is 69.5 cm³/mol. The lowest BCUT2D eigenvalue weighted by Crippen LogP contribution is -2.28. The van der Waals surface area contributed by atoms with Crippen molar-refractivity contribution in [3.63, 3.8) is 0 Å². The van der Waals surface area contributed by atoms with Gasteiger partial charge >= 0.3 is 0 Å². The van der Waals surface area contributed by atoms with E-state index >= 15 is 0 Å². The maximum atomic E-state index is 9.61. The van der Waals surface area contributed by atoms with E-state index in [1.807, 2.05) is 6.07 Å². The van der Waals surface area contributed by atoms with E-state index in [-0.39, 0.29) is 5.75 Å². The molecule has 1 aromatic rings. The van der Waals surface area contributed by atoms with Crippen LogP contribution in [0.15, 0.2) is 18.2 Å². The first-order chi connectivity index (χ1) is 8.17. The minimum atomic E-state index is 0.192. The largest absolute Gasteiger partial charge is 0.504 e. The van der Waals surface area contributed by atoms with Gasteiger partial charge in [0.05, 0.1) is 7.11 Å². The second-order valence-corrected chi connectivity index (χ2v) is 4.08. The molecule has 4 heteroatoms. The first-order valence-electron chi connectivity index (χ1n) is 5.92. The molecule has 1 aromatic carbocycles. The number of nitrogens with one attached hydrogen (secondary N) is 1. The Kier molecular flexibility index (Phi) is 5.80. The standard InChI is InChI=1S/C13H22N2O2/c1-4-15(2)8-7-14-10-11-5-6-13(17-3)12(16)9-11/h5-6,9,14,16H,4,7-8,10H2,1-3H3. The maximum Gasteiger partial charge on any atom is 0.160 e. The van der Waals surface area contributed by atoms with Crippen LogP contribution in [-0.2, 0) is 6.54 Å². The van der Waals surface area contributed by atoms with Gasteiger partial charge < -0.3 is 20.1 Å². The van der Waals surface area contributed by atoms with Crippen LogP contribution in [0, 0.1) is 0 Å². The van der Waals surface area contributed by atoms with Gasteiger partial charge in [0.2, 0.25) is 0 Å². The zero-order chi connectivity index (χ0) is 12.7. The number of phenols is 1. The van der Waals surface area contributed by atoms with Crippen molar-refractivity contribution in [2.75, 3.05) is 33.8 Å². The number of nitrogens with zero attached hydrogens (tertiary/aromatic N) is 1. The number of hydrogen-bond donors (Lipinski definition) is 2. The highest BCUT2D eigenvalue weighted by Gasteiger charge is 2.02. The van der Waals surface area contributed by atoms with Crippen molar-refractivity contribution < 1.29 is 9.84 Å². The normalized spacial score (nSPS) is 10.8. The smallest absolute Gasteiger partial charge is 0.160 e. The van der Waals surface area contributed by atoms with Gasteiger partial charge in [-0.2, -0.15) is 0 Å².